The molecule has 4 heteroatoms. The number of hydrogen-bond donors (Lipinski definition) is 2. The van der Waals surface area contributed by atoms with Crippen molar-refractivity contribution in [2.75, 3.05) is 13.2 Å². The molecule has 2 N–H and O–H groups in total. The highest BCUT2D eigenvalue weighted by Crippen LogP contribution is 2.30. The van der Waals surface area contributed by atoms with E-state index in [-0.39, 0.29) is 11.5 Å². The Morgan fingerprint density at radius 3 is 1.52 bits per heavy atom. The van der Waals surface area contributed by atoms with Gasteiger partial charge in [-0.3, -0.25) is 0 Å². The number of aromatic hydroxyl groups is 2. The van der Waals surface area contributed by atoms with E-state index >= 15 is 0 Å². The molecule has 0 spiro atoms. The molecule has 0 aliphatic heterocycles. The van der Waals surface area contributed by atoms with E-state index < -0.39 is 5.79 Å². The Morgan fingerprint density at radius 1 is 0.741 bits per heavy atom. The number of benzene rings is 2. The number of aryl methyl sites for hydroxylation is 4. The molecule has 148 valence electrons. The van der Waals surface area contributed by atoms with Crippen molar-refractivity contribution in [3.05, 3.63) is 58.7 Å². The summed E-state index contributed by atoms with van der Waals surface area (Å²) in [5.41, 5.74) is 4.51. The smallest absolute Gasteiger partial charge is 0.168 e. The summed E-state index contributed by atoms with van der Waals surface area (Å²) < 4.78 is 12.2. The summed E-state index contributed by atoms with van der Waals surface area (Å²) in [6, 6.07) is 10.9. The average molecular weight is 373 g/mol. The van der Waals surface area contributed by atoms with Gasteiger partial charge in [0.2, 0.25) is 0 Å². The zero-order chi connectivity index (χ0) is 19.9. The molecule has 0 aliphatic carbocycles. The van der Waals surface area contributed by atoms with E-state index in [0.717, 1.165) is 35.1 Å². The van der Waals surface area contributed by atoms with Gasteiger partial charge in [0.1, 0.15) is 11.5 Å². The van der Waals surface area contributed by atoms with Crippen molar-refractivity contribution in [3.63, 3.8) is 0 Å². The quantitative estimate of drug-likeness (QED) is 0.573. The molecule has 0 saturated carbocycles. The van der Waals surface area contributed by atoms with Crippen molar-refractivity contribution in [2.45, 2.75) is 59.2 Å². The van der Waals surface area contributed by atoms with E-state index in [1.165, 1.54) is 0 Å². The first-order valence-corrected chi connectivity index (χ1v) is 9.74. The Hall–Kier alpha value is -2.04. The molecule has 27 heavy (non-hydrogen) atoms. The van der Waals surface area contributed by atoms with Gasteiger partial charge < -0.3 is 19.7 Å². The molecule has 0 radical (unpaired) electrons. The highest BCUT2D eigenvalue weighted by Gasteiger charge is 2.31. The summed E-state index contributed by atoms with van der Waals surface area (Å²) in [7, 11) is 0. The molecule has 0 saturated heterocycles. The maximum atomic E-state index is 9.80. The van der Waals surface area contributed by atoms with Crippen LogP contribution in [0.3, 0.4) is 0 Å². The molecule has 0 amide bonds. The molecule has 2 aromatic carbocycles. The molecule has 4 nitrogen and oxygen atoms in total. The van der Waals surface area contributed by atoms with Gasteiger partial charge in [-0.1, -0.05) is 12.1 Å². The Bertz CT molecular complexity index is 676. The normalized spacial score (nSPS) is 11.7. The lowest BCUT2D eigenvalue weighted by molar-refractivity contribution is -0.240. The van der Waals surface area contributed by atoms with Crippen LogP contribution in [0.1, 0.15) is 48.9 Å². The third kappa shape index (κ3) is 5.98. The Labute approximate surface area is 162 Å². The van der Waals surface area contributed by atoms with E-state index in [1.54, 1.807) is 12.1 Å². The van der Waals surface area contributed by atoms with E-state index in [2.05, 4.69) is 0 Å². The second-order valence-electron chi connectivity index (χ2n) is 7.00. The first-order valence-electron chi connectivity index (χ1n) is 9.74. The fourth-order valence-electron chi connectivity index (χ4n) is 3.49. The first-order chi connectivity index (χ1) is 12.9. The molecule has 0 atom stereocenters. The van der Waals surface area contributed by atoms with Crippen LogP contribution in [0.15, 0.2) is 36.4 Å². The number of phenols is 2. The Balaban J connectivity index is 2.17. The molecule has 2 rings (SSSR count). The van der Waals surface area contributed by atoms with Crippen LogP contribution in [-0.2, 0) is 22.3 Å². The van der Waals surface area contributed by atoms with Crippen molar-refractivity contribution >= 4 is 0 Å². The summed E-state index contributed by atoms with van der Waals surface area (Å²) in [5.74, 6) is -0.118. The van der Waals surface area contributed by atoms with Gasteiger partial charge in [0.25, 0.3) is 0 Å². The SMILES string of the molecule is CCOC(CCc1cc(O)ccc1C)(CCc1cc(O)ccc1C)OCC. The van der Waals surface area contributed by atoms with Crippen LogP contribution < -0.4 is 0 Å². The van der Waals surface area contributed by atoms with Crippen molar-refractivity contribution in [3.8, 4) is 11.5 Å². The molecule has 0 bridgehead atoms. The van der Waals surface area contributed by atoms with Crippen LogP contribution in [0, 0.1) is 13.8 Å². The molecular formula is C23H32O4. The minimum absolute atomic E-state index is 0.282. The van der Waals surface area contributed by atoms with Crippen LogP contribution in [0.5, 0.6) is 11.5 Å². The summed E-state index contributed by atoms with van der Waals surface area (Å²) in [4.78, 5) is 0. The zero-order valence-corrected chi connectivity index (χ0v) is 16.9. The minimum atomic E-state index is -0.681. The monoisotopic (exact) mass is 372 g/mol. The van der Waals surface area contributed by atoms with Gasteiger partial charge in [-0.2, -0.15) is 0 Å². The van der Waals surface area contributed by atoms with E-state index in [9.17, 15) is 10.2 Å². The maximum absolute atomic E-state index is 9.80. The number of hydrogen-bond acceptors (Lipinski definition) is 4. The van der Waals surface area contributed by atoms with E-state index in [1.807, 2.05) is 52.0 Å². The molecule has 0 fully saturated rings. The van der Waals surface area contributed by atoms with E-state index in [0.29, 0.717) is 26.1 Å². The zero-order valence-electron chi connectivity index (χ0n) is 16.9. The van der Waals surface area contributed by atoms with Gasteiger partial charge in [0.15, 0.2) is 5.79 Å². The lowest BCUT2D eigenvalue weighted by Gasteiger charge is -2.34. The van der Waals surface area contributed by atoms with E-state index in [4.69, 9.17) is 9.47 Å². The largest absolute Gasteiger partial charge is 0.508 e. The highest BCUT2D eigenvalue weighted by molar-refractivity contribution is 5.35. The molecule has 0 aromatic heterocycles. The summed E-state index contributed by atoms with van der Waals surface area (Å²) in [6.45, 7) is 9.19. The fourth-order valence-corrected chi connectivity index (χ4v) is 3.49. The van der Waals surface area contributed by atoms with Gasteiger partial charge in [0.05, 0.1) is 0 Å². The van der Waals surface area contributed by atoms with Crippen molar-refractivity contribution in [1.82, 2.24) is 0 Å². The van der Waals surface area contributed by atoms with Gasteiger partial charge in [-0.25, -0.2) is 0 Å². The van der Waals surface area contributed by atoms with Crippen molar-refractivity contribution < 1.29 is 19.7 Å². The van der Waals surface area contributed by atoms with Gasteiger partial charge >= 0.3 is 0 Å². The molecule has 0 aliphatic rings. The average Bonchev–Trinajstić information content (AvgIpc) is 2.63. The van der Waals surface area contributed by atoms with Crippen LogP contribution in [0.4, 0.5) is 0 Å². The summed E-state index contributed by atoms with van der Waals surface area (Å²) in [6.07, 6.45) is 2.94. The molecule has 0 heterocycles. The molecule has 0 unspecified atom stereocenters. The fraction of sp³-hybridized carbons (Fsp3) is 0.478. The van der Waals surface area contributed by atoms with Gasteiger partial charge in [0, 0.05) is 26.1 Å². The summed E-state index contributed by atoms with van der Waals surface area (Å²) in [5, 5.41) is 19.6. The Morgan fingerprint density at radius 2 is 1.15 bits per heavy atom. The molecular weight excluding hydrogens is 340 g/mol. The summed E-state index contributed by atoms with van der Waals surface area (Å²) >= 11 is 0. The van der Waals surface area contributed by atoms with Crippen molar-refractivity contribution in [1.29, 1.82) is 0 Å². The van der Waals surface area contributed by atoms with Crippen LogP contribution in [0.25, 0.3) is 0 Å². The standard InChI is InChI=1S/C23H32O4/c1-5-26-23(27-6-2,13-11-19-15-21(24)9-7-17(19)3)14-12-20-16-22(25)10-8-18(20)4/h7-10,15-16,24-25H,5-6,11-14H2,1-4H3. The maximum Gasteiger partial charge on any atom is 0.168 e. The lowest BCUT2D eigenvalue weighted by atomic mass is 9.94. The number of rotatable bonds is 10. The number of ether oxygens (including phenoxy) is 2. The third-order valence-electron chi connectivity index (χ3n) is 5.03. The second kappa shape index (κ2) is 9.77. The lowest BCUT2D eigenvalue weighted by Crippen LogP contribution is -2.37. The van der Waals surface area contributed by atoms with Crippen LogP contribution in [0.2, 0.25) is 0 Å². The van der Waals surface area contributed by atoms with Crippen molar-refractivity contribution in [2.24, 2.45) is 0 Å². The number of phenolic OH excluding ortho intramolecular Hbond substituents is 2. The molecule has 2 aromatic rings. The highest BCUT2D eigenvalue weighted by atomic mass is 16.7. The predicted octanol–water partition coefficient (Wildman–Crippen LogP) is 5.05. The van der Waals surface area contributed by atoms with Crippen LogP contribution >= 0.6 is 0 Å². The Kier molecular flexibility index (Phi) is 7.69. The first kappa shape index (κ1) is 21.3. The topological polar surface area (TPSA) is 58.9 Å². The second-order valence-corrected chi connectivity index (χ2v) is 7.00. The van der Waals surface area contributed by atoms with Crippen LogP contribution in [-0.4, -0.2) is 29.2 Å². The van der Waals surface area contributed by atoms with Gasteiger partial charge in [-0.15, -0.1) is 0 Å². The predicted molar refractivity (Wildman–Crippen MR) is 108 cm³/mol. The third-order valence-corrected chi connectivity index (χ3v) is 5.03. The minimum Gasteiger partial charge on any atom is -0.508 e. The van der Waals surface area contributed by atoms with Gasteiger partial charge in [-0.05, 0) is 87.1 Å².